The summed E-state index contributed by atoms with van der Waals surface area (Å²) in [6, 6.07) is 3.99. The first-order valence-corrected chi connectivity index (χ1v) is 5.67. The number of benzene rings is 1. The summed E-state index contributed by atoms with van der Waals surface area (Å²) >= 11 is 1.88. The summed E-state index contributed by atoms with van der Waals surface area (Å²) in [5.74, 6) is -2.37. The highest BCUT2D eigenvalue weighted by atomic mass is 127. The SMILES string of the molecule is O=C(NCCc1ccc(F)cc1I)C(F)(F)F. The Bertz CT molecular complexity index is 419. The third kappa shape index (κ3) is 4.49. The Morgan fingerprint density at radius 2 is 2.00 bits per heavy atom. The van der Waals surface area contributed by atoms with Crippen LogP contribution in [-0.4, -0.2) is 18.6 Å². The van der Waals surface area contributed by atoms with Crippen LogP contribution in [0.4, 0.5) is 17.6 Å². The van der Waals surface area contributed by atoms with E-state index < -0.39 is 17.9 Å². The van der Waals surface area contributed by atoms with Crippen molar-refractivity contribution in [3.63, 3.8) is 0 Å². The van der Waals surface area contributed by atoms with Crippen molar-refractivity contribution >= 4 is 28.5 Å². The first-order valence-electron chi connectivity index (χ1n) is 4.59. The molecule has 1 amide bonds. The average molecular weight is 361 g/mol. The number of amides is 1. The molecule has 0 aromatic heterocycles. The number of nitrogens with one attached hydrogen (secondary N) is 1. The minimum absolute atomic E-state index is 0.139. The fourth-order valence-electron chi connectivity index (χ4n) is 1.14. The number of alkyl halides is 3. The molecule has 0 aliphatic carbocycles. The lowest BCUT2D eigenvalue weighted by molar-refractivity contribution is -0.173. The molecule has 7 heteroatoms. The van der Waals surface area contributed by atoms with Crippen molar-refractivity contribution in [3.8, 4) is 0 Å². The largest absolute Gasteiger partial charge is 0.471 e. The molecule has 0 fully saturated rings. The maximum Gasteiger partial charge on any atom is 0.471 e. The van der Waals surface area contributed by atoms with E-state index in [0.29, 0.717) is 9.13 Å². The number of rotatable bonds is 3. The highest BCUT2D eigenvalue weighted by Gasteiger charge is 2.38. The van der Waals surface area contributed by atoms with Crippen LogP contribution in [0.15, 0.2) is 18.2 Å². The minimum atomic E-state index is -4.87. The van der Waals surface area contributed by atoms with Crippen molar-refractivity contribution in [1.29, 1.82) is 0 Å². The fourth-order valence-corrected chi connectivity index (χ4v) is 1.88. The molecule has 0 aliphatic heterocycles. The number of halogens is 5. The molecule has 0 unspecified atom stereocenters. The third-order valence-electron chi connectivity index (χ3n) is 1.95. The third-order valence-corrected chi connectivity index (χ3v) is 2.96. The predicted octanol–water partition coefficient (Wildman–Crippen LogP) is 2.65. The summed E-state index contributed by atoms with van der Waals surface area (Å²) < 4.78 is 48.9. The van der Waals surface area contributed by atoms with E-state index in [9.17, 15) is 22.4 Å². The van der Waals surface area contributed by atoms with Gasteiger partial charge in [-0.25, -0.2) is 4.39 Å². The summed E-state index contributed by atoms with van der Waals surface area (Å²) in [5, 5.41) is 1.75. The molecular weight excluding hydrogens is 353 g/mol. The van der Waals surface area contributed by atoms with Crippen molar-refractivity contribution in [2.24, 2.45) is 0 Å². The fraction of sp³-hybridized carbons (Fsp3) is 0.300. The molecule has 1 rings (SSSR count). The number of hydrogen-bond donors (Lipinski definition) is 1. The van der Waals surface area contributed by atoms with Crippen LogP contribution in [0.25, 0.3) is 0 Å². The van der Waals surface area contributed by atoms with Crippen LogP contribution in [0.3, 0.4) is 0 Å². The molecule has 0 atom stereocenters. The van der Waals surface area contributed by atoms with Gasteiger partial charge in [-0.2, -0.15) is 13.2 Å². The van der Waals surface area contributed by atoms with Crippen LogP contribution in [0.2, 0.25) is 0 Å². The van der Waals surface area contributed by atoms with Gasteiger partial charge in [-0.15, -0.1) is 0 Å². The van der Waals surface area contributed by atoms with Crippen molar-refractivity contribution in [3.05, 3.63) is 33.1 Å². The van der Waals surface area contributed by atoms with E-state index in [1.54, 1.807) is 5.32 Å². The van der Waals surface area contributed by atoms with E-state index >= 15 is 0 Å². The quantitative estimate of drug-likeness (QED) is 0.651. The van der Waals surface area contributed by atoms with Crippen LogP contribution in [-0.2, 0) is 11.2 Å². The van der Waals surface area contributed by atoms with Gasteiger partial charge >= 0.3 is 12.1 Å². The van der Waals surface area contributed by atoms with Gasteiger partial charge in [-0.1, -0.05) is 6.07 Å². The minimum Gasteiger partial charge on any atom is -0.348 e. The lowest BCUT2D eigenvalue weighted by atomic mass is 10.1. The predicted molar refractivity (Wildman–Crippen MR) is 61.9 cm³/mol. The molecule has 1 aromatic carbocycles. The van der Waals surface area contributed by atoms with E-state index in [0.717, 1.165) is 0 Å². The highest BCUT2D eigenvalue weighted by molar-refractivity contribution is 14.1. The maximum atomic E-state index is 12.7. The number of hydrogen-bond acceptors (Lipinski definition) is 1. The first kappa shape index (κ1) is 14.2. The molecule has 1 N–H and O–H groups in total. The lowest BCUT2D eigenvalue weighted by Gasteiger charge is -2.08. The van der Waals surface area contributed by atoms with E-state index in [1.165, 1.54) is 18.2 Å². The zero-order valence-electron chi connectivity index (χ0n) is 8.44. The molecule has 94 valence electrons. The van der Waals surface area contributed by atoms with Crippen molar-refractivity contribution < 1.29 is 22.4 Å². The molecule has 2 nitrogen and oxygen atoms in total. The Balaban J connectivity index is 2.49. The van der Waals surface area contributed by atoms with E-state index in [2.05, 4.69) is 0 Å². The molecular formula is C10H8F4INO. The summed E-state index contributed by atoms with van der Waals surface area (Å²) in [6.07, 6.45) is -4.64. The van der Waals surface area contributed by atoms with Gasteiger partial charge in [-0.3, -0.25) is 4.79 Å². The molecule has 0 heterocycles. The van der Waals surface area contributed by atoms with Crippen molar-refractivity contribution in [1.82, 2.24) is 5.32 Å². The van der Waals surface area contributed by atoms with Gasteiger partial charge in [0.1, 0.15) is 5.82 Å². The Morgan fingerprint density at radius 1 is 1.35 bits per heavy atom. The van der Waals surface area contributed by atoms with Crippen LogP contribution < -0.4 is 5.32 Å². The van der Waals surface area contributed by atoms with Gasteiger partial charge < -0.3 is 5.32 Å². The van der Waals surface area contributed by atoms with E-state index in [4.69, 9.17) is 0 Å². The van der Waals surface area contributed by atoms with Gasteiger partial charge in [0.25, 0.3) is 0 Å². The van der Waals surface area contributed by atoms with E-state index in [1.807, 2.05) is 22.6 Å². The van der Waals surface area contributed by atoms with Crippen molar-refractivity contribution in [2.75, 3.05) is 6.54 Å². The molecule has 0 aliphatic rings. The van der Waals surface area contributed by atoms with Crippen LogP contribution >= 0.6 is 22.6 Å². The number of carbonyl (C=O) groups is 1. The monoisotopic (exact) mass is 361 g/mol. The van der Waals surface area contributed by atoms with E-state index in [-0.39, 0.29) is 13.0 Å². The van der Waals surface area contributed by atoms with Gasteiger partial charge in [0.05, 0.1) is 0 Å². The van der Waals surface area contributed by atoms with Gasteiger partial charge in [-0.05, 0) is 46.7 Å². The molecule has 0 saturated carbocycles. The van der Waals surface area contributed by atoms with Crippen molar-refractivity contribution in [2.45, 2.75) is 12.6 Å². The molecule has 17 heavy (non-hydrogen) atoms. The summed E-state index contributed by atoms with van der Waals surface area (Å²) in [6.45, 7) is -0.139. The van der Waals surface area contributed by atoms with Crippen LogP contribution in [0.1, 0.15) is 5.56 Å². The summed E-state index contributed by atoms with van der Waals surface area (Å²) in [4.78, 5) is 10.5. The summed E-state index contributed by atoms with van der Waals surface area (Å²) in [5.41, 5.74) is 0.689. The second kappa shape index (κ2) is 5.65. The highest BCUT2D eigenvalue weighted by Crippen LogP contribution is 2.16. The second-order valence-electron chi connectivity index (χ2n) is 3.24. The lowest BCUT2D eigenvalue weighted by Crippen LogP contribution is -2.37. The normalized spacial score (nSPS) is 11.4. The Hall–Kier alpha value is -0.860. The Labute approximate surface area is 109 Å². The standard InChI is InChI=1S/C10H8F4INO/c11-7-2-1-6(8(15)5-7)3-4-16-9(17)10(12,13)14/h1-2,5H,3-4H2,(H,16,17). The Kier molecular flexibility index (Phi) is 4.72. The topological polar surface area (TPSA) is 29.1 Å². The molecule has 0 bridgehead atoms. The Morgan fingerprint density at radius 3 is 2.53 bits per heavy atom. The van der Waals surface area contributed by atoms with Gasteiger partial charge in [0.2, 0.25) is 0 Å². The molecule has 1 aromatic rings. The van der Waals surface area contributed by atoms with Crippen LogP contribution in [0, 0.1) is 9.39 Å². The van der Waals surface area contributed by atoms with Gasteiger partial charge in [0.15, 0.2) is 0 Å². The zero-order chi connectivity index (χ0) is 13.1. The number of carbonyl (C=O) groups excluding carboxylic acids is 1. The second-order valence-corrected chi connectivity index (χ2v) is 4.40. The molecule has 0 saturated heterocycles. The average Bonchev–Trinajstić information content (AvgIpc) is 2.19. The first-order chi connectivity index (χ1) is 7.80. The molecule has 0 radical (unpaired) electrons. The molecule has 0 spiro atoms. The summed E-state index contributed by atoms with van der Waals surface area (Å²) in [7, 11) is 0. The maximum absolute atomic E-state index is 12.7. The zero-order valence-corrected chi connectivity index (χ0v) is 10.6. The van der Waals surface area contributed by atoms with Gasteiger partial charge in [0, 0.05) is 10.1 Å². The smallest absolute Gasteiger partial charge is 0.348 e. The van der Waals surface area contributed by atoms with Crippen LogP contribution in [0.5, 0.6) is 0 Å².